The quantitative estimate of drug-likeness (QED) is 0.462. The number of nitrogens with one attached hydrogen (secondary N) is 1. The van der Waals surface area contributed by atoms with E-state index >= 15 is 0 Å². The number of amides is 1. The van der Waals surface area contributed by atoms with E-state index in [0.717, 1.165) is 35.5 Å². The molecule has 0 bridgehead atoms. The molecule has 2 nitrogen and oxygen atoms in total. The normalized spacial score (nSPS) is 45.5. The van der Waals surface area contributed by atoms with Crippen molar-refractivity contribution in [3.05, 3.63) is 0 Å². The number of carbonyl (C=O) groups is 1. The lowest BCUT2D eigenvalue weighted by molar-refractivity contribution is -0.136. The number of hydrogen-bond acceptors (Lipinski definition) is 1. The van der Waals surface area contributed by atoms with Crippen molar-refractivity contribution in [1.82, 2.24) is 5.32 Å². The molecule has 0 aromatic carbocycles. The van der Waals surface area contributed by atoms with E-state index in [4.69, 9.17) is 0 Å². The molecule has 178 valence electrons. The van der Waals surface area contributed by atoms with Gasteiger partial charge in [0.15, 0.2) is 0 Å². The molecule has 0 spiro atoms. The summed E-state index contributed by atoms with van der Waals surface area (Å²) in [5, 5.41) is 3.47. The van der Waals surface area contributed by atoms with Crippen molar-refractivity contribution < 1.29 is 4.79 Å². The van der Waals surface area contributed by atoms with Crippen LogP contribution in [0.1, 0.15) is 119 Å². The minimum atomic E-state index is 0.193. The first-order valence-electron chi connectivity index (χ1n) is 13.9. The van der Waals surface area contributed by atoms with Gasteiger partial charge in [-0.25, -0.2) is 0 Å². The molecule has 4 aliphatic carbocycles. The summed E-state index contributed by atoms with van der Waals surface area (Å²) in [4.78, 5) is 12.1. The second-order valence-corrected chi connectivity index (χ2v) is 13.3. The number of hydrogen-bond donors (Lipinski definition) is 1. The van der Waals surface area contributed by atoms with Crippen molar-refractivity contribution in [2.24, 2.45) is 52.3 Å². The summed E-state index contributed by atoms with van der Waals surface area (Å²) in [6.45, 7) is 14.4. The maximum atomic E-state index is 12.1. The van der Waals surface area contributed by atoms with Crippen LogP contribution in [0.5, 0.6) is 0 Å². The number of fused-ring (bicyclic) bond motifs is 5. The summed E-state index contributed by atoms with van der Waals surface area (Å²) in [6, 6.07) is 0.425. The molecule has 9 atom stereocenters. The minimum Gasteiger partial charge on any atom is -0.353 e. The fraction of sp³-hybridized carbons (Fsp3) is 0.966. The van der Waals surface area contributed by atoms with Gasteiger partial charge in [-0.05, 0) is 97.2 Å². The number of rotatable bonds is 6. The third-order valence-corrected chi connectivity index (χ3v) is 11.2. The van der Waals surface area contributed by atoms with Crippen LogP contribution in [-0.4, -0.2) is 11.9 Å². The fourth-order valence-corrected chi connectivity index (χ4v) is 9.84. The van der Waals surface area contributed by atoms with Crippen LogP contribution in [0.2, 0.25) is 0 Å². The molecule has 0 heterocycles. The average molecular weight is 430 g/mol. The Morgan fingerprint density at radius 3 is 2.35 bits per heavy atom. The first kappa shape index (κ1) is 23.6. The molecule has 4 aliphatic rings. The van der Waals surface area contributed by atoms with E-state index < -0.39 is 0 Å². The molecule has 1 amide bonds. The summed E-state index contributed by atoms with van der Waals surface area (Å²) < 4.78 is 0. The van der Waals surface area contributed by atoms with Gasteiger partial charge in [0, 0.05) is 13.0 Å². The highest BCUT2D eigenvalue weighted by Gasteiger charge is 2.61. The summed E-state index contributed by atoms with van der Waals surface area (Å²) in [5.74, 6) is 6.16. The molecule has 31 heavy (non-hydrogen) atoms. The molecule has 5 unspecified atom stereocenters. The van der Waals surface area contributed by atoms with Gasteiger partial charge in [-0.3, -0.25) is 4.79 Å². The lowest BCUT2D eigenvalue weighted by Crippen LogP contribution is -2.60. The molecular weight excluding hydrogens is 378 g/mol. The Morgan fingerprint density at radius 1 is 0.903 bits per heavy atom. The van der Waals surface area contributed by atoms with Crippen LogP contribution in [0.15, 0.2) is 0 Å². The predicted octanol–water partition coefficient (Wildman–Crippen LogP) is 7.61. The van der Waals surface area contributed by atoms with Crippen LogP contribution in [0.25, 0.3) is 0 Å². The Kier molecular flexibility index (Phi) is 6.87. The molecule has 4 saturated carbocycles. The van der Waals surface area contributed by atoms with Crippen molar-refractivity contribution in [2.45, 2.75) is 125 Å². The second-order valence-electron chi connectivity index (χ2n) is 13.3. The van der Waals surface area contributed by atoms with Crippen molar-refractivity contribution in [3.63, 3.8) is 0 Å². The first-order chi connectivity index (χ1) is 14.7. The van der Waals surface area contributed by atoms with E-state index in [1.165, 1.54) is 77.0 Å². The van der Waals surface area contributed by atoms with Gasteiger partial charge >= 0.3 is 0 Å². The zero-order valence-corrected chi connectivity index (χ0v) is 21.5. The lowest BCUT2D eigenvalue weighted by atomic mass is 9.43. The van der Waals surface area contributed by atoms with Crippen LogP contribution >= 0.6 is 0 Å². The van der Waals surface area contributed by atoms with E-state index in [9.17, 15) is 4.79 Å². The SMILES string of the molecule is CC(=O)N[C@H]1CC2C3CCC([C@H](C)CCCC(C)C)[C@@]3(C)CCC2[C@@]2(C)CCCCC12. The maximum Gasteiger partial charge on any atom is 0.217 e. The van der Waals surface area contributed by atoms with Crippen molar-refractivity contribution in [1.29, 1.82) is 0 Å². The van der Waals surface area contributed by atoms with Gasteiger partial charge in [0.05, 0.1) is 0 Å². The minimum absolute atomic E-state index is 0.193. The van der Waals surface area contributed by atoms with Crippen LogP contribution in [0, 0.1) is 52.3 Å². The van der Waals surface area contributed by atoms with Crippen molar-refractivity contribution >= 4 is 5.91 Å². The Morgan fingerprint density at radius 2 is 1.65 bits per heavy atom. The third kappa shape index (κ3) is 4.23. The molecule has 0 radical (unpaired) electrons. The van der Waals surface area contributed by atoms with Gasteiger partial charge in [0.2, 0.25) is 5.91 Å². The standard InChI is InChI=1S/C29H51NO/c1-19(2)10-9-11-20(3)23-13-14-24-22-18-27(30-21(4)31)26-12-7-8-16-28(26,5)25(22)15-17-29(23,24)6/h19-20,22-27H,7-18H2,1-6H3,(H,30,31)/t20-,22?,23?,24?,25?,26?,27+,28-,29-/m1/s1. The van der Waals surface area contributed by atoms with E-state index in [1.807, 2.05) is 0 Å². The average Bonchev–Trinajstić information content (AvgIpc) is 3.04. The molecule has 4 fully saturated rings. The lowest BCUT2D eigenvalue weighted by Gasteiger charge is -2.62. The van der Waals surface area contributed by atoms with Gasteiger partial charge < -0.3 is 5.32 Å². The van der Waals surface area contributed by atoms with E-state index in [-0.39, 0.29) is 5.91 Å². The summed E-state index contributed by atoms with van der Waals surface area (Å²) in [5.41, 5.74) is 0.994. The van der Waals surface area contributed by atoms with E-state index in [0.29, 0.717) is 22.8 Å². The zero-order valence-electron chi connectivity index (χ0n) is 21.5. The molecule has 0 saturated heterocycles. The fourth-order valence-electron chi connectivity index (χ4n) is 9.84. The smallest absolute Gasteiger partial charge is 0.217 e. The highest BCUT2D eigenvalue weighted by molar-refractivity contribution is 5.73. The van der Waals surface area contributed by atoms with Crippen LogP contribution in [0.4, 0.5) is 0 Å². The highest BCUT2D eigenvalue weighted by atomic mass is 16.1. The van der Waals surface area contributed by atoms with Crippen LogP contribution in [-0.2, 0) is 4.79 Å². The summed E-state index contributed by atoms with van der Waals surface area (Å²) in [6.07, 6.45) is 16.8. The van der Waals surface area contributed by atoms with Gasteiger partial charge in [-0.1, -0.05) is 66.7 Å². The monoisotopic (exact) mass is 429 g/mol. The van der Waals surface area contributed by atoms with E-state index in [1.54, 1.807) is 6.92 Å². The Balaban J connectivity index is 1.54. The highest BCUT2D eigenvalue weighted by Crippen LogP contribution is 2.68. The van der Waals surface area contributed by atoms with E-state index in [2.05, 4.69) is 39.9 Å². The van der Waals surface area contributed by atoms with Crippen molar-refractivity contribution in [3.8, 4) is 0 Å². The number of carbonyl (C=O) groups excluding carboxylic acids is 1. The molecular formula is C29H51NO. The van der Waals surface area contributed by atoms with Gasteiger partial charge in [0.25, 0.3) is 0 Å². The predicted molar refractivity (Wildman–Crippen MR) is 131 cm³/mol. The molecule has 0 aromatic rings. The topological polar surface area (TPSA) is 29.1 Å². The summed E-state index contributed by atoms with van der Waals surface area (Å²) in [7, 11) is 0. The third-order valence-electron chi connectivity index (χ3n) is 11.2. The Bertz CT molecular complexity index is 643. The molecule has 1 N–H and O–H groups in total. The molecule has 0 aromatic heterocycles. The first-order valence-corrected chi connectivity index (χ1v) is 13.9. The largest absolute Gasteiger partial charge is 0.353 e. The maximum absolute atomic E-state index is 12.1. The molecule has 2 heteroatoms. The Hall–Kier alpha value is -0.530. The second kappa shape index (κ2) is 9.02. The molecule has 0 aliphatic heterocycles. The van der Waals surface area contributed by atoms with Gasteiger partial charge in [-0.2, -0.15) is 0 Å². The molecule has 4 rings (SSSR count). The zero-order chi connectivity index (χ0) is 22.4. The van der Waals surface area contributed by atoms with Crippen molar-refractivity contribution in [2.75, 3.05) is 0 Å². The Labute approximate surface area is 193 Å². The van der Waals surface area contributed by atoms with Gasteiger partial charge in [0.1, 0.15) is 0 Å². The van der Waals surface area contributed by atoms with Gasteiger partial charge in [-0.15, -0.1) is 0 Å². The summed E-state index contributed by atoms with van der Waals surface area (Å²) >= 11 is 0. The van der Waals surface area contributed by atoms with Crippen LogP contribution in [0.3, 0.4) is 0 Å². The van der Waals surface area contributed by atoms with Crippen LogP contribution < -0.4 is 5.32 Å².